The predicted molar refractivity (Wildman–Crippen MR) is 70.8 cm³/mol. The quantitative estimate of drug-likeness (QED) is 0.899. The lowest BCUT2D eigenvalue weighted by molar-refractivity contribution is -0.138. The Morgan fingerprint density at radius 1 is 1.29 bits per heavy atom. The minimum absolute atomic E-state index is 0.0356. The number of likely N-dealkylation sites (N-methyl/N-ethyl adjacent to an activating group) is 1. The first kappa shape index (κ1) is 15.8. The monoisotopic (exact) mass is 302 g/mol. The molecule has 21 heavy (non-hydrogen) atoms. The highest BCUT2D eigenvalue weighted by Crippen LogP contribution is 2.32. The molecule has 1 aliphatic heterocycles. The molecule has 116 valence electrons. The van der Waals surface area contributed by atoms with Crippen molar-refractivity contribution < 1.29 is 23.1 Å². The van der Waals surface area contributed by atoms with Crippen LogP contribution in [-0.2, 0) is 6.18 Å². The third-order valence-corrected chi connectivity index (χ3v) is 3.67. The standard InChI is InChI=1S/C14H17F3N2O2/c1-18(2)11-7-19(8-12(11)20)13(21)9-5-3-4-6-10(9)14(15,16)17/h3-6,11-12,20H,7-8H2,1-2H3/t11-,12-/m1/s1. The first-order chi connectivity index (χ1) is 9.71. The summed E-state index contributed by atoms with van der Waals surface area (Å²) in [7, 11) is 3.51. The highest BCUT2D eigenvalue weighted by atomic mass is 19.4. The van der Waals surface area contributed by atoms with Gasteiger partial charge in [-0.3, -0.25) is 4.79 Å². The van der Waals surface area contributed by atoms with Gasteiger partial charge in [-0.2, -0.15) is 13.2 Å². The van der Waals surface area contributed by atoms with Crippen molar-refractivity contribution in [3.8, 4) is 0 Å². The summed E-state index contributed by atoms with van der Waals surface area (Å²) in [5, 5.41) is 9.90. The maximum absolute atomic E-state index is 12.9. The molecule has 1 aliphatic rings. The Morgan fingerprint density at radius 3 is 2.43 bits per heavy atom. The number of hydrogen-bond donors (Lipinski definition) is 1. The van der Waals surface area contributed by atoms with Crippen LogP contribution in [0.2, 0.25) is 0 Å². The molecular formula is C14H17F3N2O2. The number of β-amino-alcohol motifs (C(OH)–C–C–N with tert-alkyl or cyclic N) is 1. The molecule has 1 aromatic carbocycles. The summed E-state index contributed by atoms with van der Waals surface area (Å²) in [5.41, 5.74) is -1.32. The number of alkyl halides is 3. The zero-order valence-corrected chi connectivity index (χ0v) is 11.8. The van der Waals surface area contributed by atoms with Crippen LogP contribution in [0.4, 0.5) is 13.2 Å². The summed E-state index contributed by atoms with van der Waals surface area (Å²) < 4.78 is 38.8. The van der Waals surface area contributed by atoms with E-state index < -0.39 is 23.8 Å². The van der Waals surface area contributed by atoms with Gasteiger partial charge in [-0.15, -0.1) is 0 Å². The Labute approximate surface area is 120 Å². The van der Waals surface area contributed by atoms with Gasteiger partial charge in [0.25, 0.3) is 5.91 Å². The van der Waals surface area contributed by atoms with E-state index in [1.807, 2.05) is 0 Å². The highest BCUT2D eigenvalue weighted by molar-refractivity contribution is 5.96. The van der Waals surface area contributed by atoms with Gasteiger partial charge in [-0.05, 0) is 26.2 Å². The summed E-state index contributed by atoms with van der Waals surface area (Å²) in [6, 6.07) is 4.44. The summed E-state index contributed by atoms with van der Waals surface area (Å²) in [4.78, 5) is 15.3. The topological polar surface area (TPSA) is 43.8 Å². The summed E-state index contributed by atoms with van der Waals surface area (Å²) in [6.45, 7) is 0.243. The number of halogens is 3. The molecule has 1 heterocycles. The van der Waals surface area contributed by atoms with Crippen molar-refractivity contribution in [2.45, 2.75) is 18.3 Å². The normalized spacial score (nSPS) is 22.9. The van der Waals surface area contributed by atoms with Gasteiger partial charge in [-0.1, -0.05) is 12.1 Å². The molecule has 0 bridgehead atoms. The molecule has 0 radical (unpaired) electrons. The molecule has 0 saturated carbocycles. The van der Waals surface area contributed by atoms with Gasteiger partial charge in [0.05, 0.1) is 23.3 Å². The minimum atomic E-state index is -4.58. The number of benzene rings is 1. The number of aliphatic hydroxyl groups excluding tert-OH is 1. The second-order valence-corrected chi connectivity index (χ2v) is 5.35. The fourth-order valence-electron chi connectivity index (χ4n) is 2.53. The van der Waals surface area contributed by atoms with E-state index in [1.54, 1.807) is 19.0 Å². The fraction of sp³-hybridized carbons (Fsp3) is 0.500. The predicted octanol–water partition coefficient (Wildman–Crippen LogP) is 1.45. The molecule has 7 heteroatoms. The lowest BCUT2D eigenvalue weighted by Crippen LogP contribution is -2.38. The van der Waals surface area contributed by atoms with E-state index in [9.17, 15) is 23.1 Å². The molecule has 1 saturated heterocycles. The van der Waals surface area contributed by atoms with Crippen molar-refractivity contribution in [1.29, 1.82) is 0 Å². The third-order valence-electron chi connectivity index (χ3n) is 3.67. The molecule has 0 unspecified atom stereocenters. The number of hydrogen-bond acceptors (Lipinski definition) is 3. The molecule has 0 aliphatic carbocycles. The van der Waals surface area contributed by atoms with E-state index in [0.29, 0.717) is 0 Å². The van der Waals surface area contributed by atoms with Crippen LogP contribution in [0.5, 0.6) is 0 Å². The largest absolute Gasteiger partial charge is 0.417 e. The van der Waals surface area contributed by atoms with Gasteiger partial charge in [0.2, 0.25) is 0 Å². The average Bonchev–Trinajstić information content (AvgIpc) is 2.79. The SMILES string of the molecule is CN(C)[C@@H]1CN(C(=O)c2ccccc2C(F)(F)F)C[C@H]1O. The van der Waals surface area contributed by atoms with E-state index in [-0.39, 0.29) is 24.7 Å². The lowest BCUT2D eigenvalue weighted by atomic mass is 10.1. The third kappa shape index (κ3) is 3.19. The number of rotatable bonds is 2. The molecule has 0 spiro atoms. The number of nitrogens with zero attached hydrogens (tertiary/aromatic N) is 2. The van der Waals surface area contributed by atoms with Crippen molar-refractivity contribution in [2.24, 2.45) is 0 Å². The Kier molecular flexibility index (Phi) is 4.25. The van der Waals surface area contributed by atoms with E-state index in [1.165, 1.54) is 23.1 Å². The fourth-order valence-corrected chi connectivity index (χ4v) is 2.53. The number of amides is 1. The van der Waals surface area contributed by atoms with Crippen LogP contribution >= 0.6 is 0 Å². The van der Waals surface area contributed by atoms with Crippen molar-refractivity contribution in [3.05, 3.63) is 35.4 Å². The van der Waals surface area contributed by atoms with Crippen LogP contribution in [0.3, 0.4) is 0 Å². The van der Waals surface area contributed by atoms with Crippen molar-refractivity contribution in [2.75, 3.05) is 27.2 Å². The van der Waals surface area contributed by atoms with E-state index in [2.05, 4.69) is 0 Å². The zero-order valence-electron chi connectivity index (χ0n) is 11.8. The van der Waals surface area contributed by atoms with E-state index in [0.717, 1.165) is 6.07 Å². The molecule has 2 atom stereocenters. The first-order valence-corrected chi connectivity index (χ1v) is 6.52. The Morgan fingerprint density at radius 2 is 1.90 bits per heavy atom. The Bertz CT molecular complexity index is 531. The number of aliphatic hydroxyl groups is 1. The van der Waals surface area contributed by atoms with Crippen LogP contribution < -0.4 is 0 Å². The van der Waals surface area contributed by atoms with Gasteiger partial charge in [0, 0.05) is 13.1 Å². The van der Waals surface area contributed by atoms with E-state index in [4.69, 9.17) is 0 Å². The molecule has 2 rings (SSSR count). The summed E-state index contributed by atoms with van der Waals surface area (Å²) >= 11 is 0. The molecule has 0 aromatic heterocycles. The van der Waals surface area contributed by atoms with Gasteiger partial charge < -0.3 is 14.9 Å². The van der Waals surface area contributed by atoms with Gasteiger partial charge in [-0.25, -0.2) is 0 Å². The Hall–Kier alpha value is -1.60. The summed E-state index contributed by atoms with van der Waals surface area (Å²) in [5.74, 6) is -0.702. The van der Waals surface area contributed by atoms with Crippen molar-refractivity contribution in [1.82, 2.24) is 9.80 Å². The number of carbonyl (C=O) groups excluding carboxylic acids is 1. The molecule has 4 nitrogen and oxygen atoms in total. The number of likely N-dealkylation sites (tertiary alicyclic amines) is 1. The maximum Gasteiger partial charge on any atom is 0.417 e. The smallest absolute Gasteiger partial charge is 0.390 e. The number of carbonyl (C=O) groups is 1. The van der Waals surface area contributed by atoms with Crippen LogP contribution in [-0.4, -0.2) is 60.1 Å². The second-order valence-electron chi connectivity index (χ2n) is 5.35. The lowest BCUT2D eigenvalue weighted by Gasteiger charge is -2.22. The van der Waals surface area contributed by atoms with Crippen LogP contribution in [0, 0.1) is 0 Å². The van der Waals surface area contributed by atoms with Crippen LogP contribution in [0.15, 0.2) is 24.3 Å². The molecule has 1 aromatic rings. The van der Waals surface area contributed by atoms with Crippen LogP contribution in [0.1, 0.15) is 15.9 Å². The van der Waals surface area contributed by atoms with E-state index >= 15 is 0 Å². The Balaban J connectivity index is 2.27. The van der Waals surface area contributed by atoms with Gasteiger partial charge in [0.15, 0.2) is 0 Å². The molecule has 1 N–H and O–H groups in total. The minimum Gasteiger partial charge on any atom is -0.390 e. The summed E-state index contributed by atoms with van der Waals surface area (Å²) in [6.07, 6.45) is -5.34. The molecule has 1 fully saturated rings. The zero-order chi connectivity index (χ0) is 15.8. The second kappa shape index (κ2) is 5.65. The molecular weight excluding hydrogens is 285 g/mol. The highest BCUT2D eigenvalue weighted by Gasteiger charge is 2.39. The van der Waals surface area contributed by atoms with Crippen molar-refractivity contribution in [3.63, 3.8) is 0 Å². The van der Waals surface area contributed by atoms with Crippen LogP contribution in [0.25, 0.3) is 0 Å². The van der Waals surface area contributed by atoms with Gasteiger partial charge >= 0.3 is 6.18 Å². The first-order valence-electron chi connectivity index (χ1n) is 6.52. The maximum atomic E-state index is 12.9. The van der Waals surface area contributed by atoms with Crippen molar-refractivity contribution >= 4 is 5.91 Å². The molecule has 1 amide bonds. The van der Waals surface area contributed by atoms with Gasteiger partial charge in [0.1, 0.15) is 0 Å². The average molecular weight is 302 g/mol.